The Morgan fingerprint density at radius 1 is 1.43 bits per heavy atom. The zero-order valence-corrected chi connectivity index (χ0v) is 8.75. The van der Waals surface area contributed by atoms with Crippen LogP contribution in [0.3, 0.4) is 0 Å². The lowest BCUT2D eigenvalue weighted by Gasteiger charge is -2.22. The van der Waals surface area contributed by atoms with Crippen LogP contribution in [0.25, 0.3) is 0 Å². The summed E-state index contributed by atoms with van der Waals surface area (Å²) >= 11 is 0. The van der Waals surface area contributed by atoms with Crippen molar-refractivity contribution in [1.82, 2.24) is 0 Å². The minimum atomic E-state index is -0.311. The molecule has 0 aromatic carbocycles. The molecule has 2 N–H and O–H groups in total. The van der Waals surface area contributed by atoms with Crippen LogP contribution in [-0.2, 0) is 14.3 Å². The van der Waals surface area contributed by atoms with Crippen molar-refractivity contribution in [3.05, 3.63) is 0 Å². The van der Waals surface area contributed by atoms with Gasteiger partial charge in [-0.1, -0.05) is 12.8 Å². The van der Waals surface area contributed by atoms with E-state index in [0.717, 1.165) is 12.8 Å². The summed E-state index contributed by atoms with van der Waals surface area (Å²) in [5.41, 5.74) is 5.84. The number of esters is 1. The van der Waals surface area contributed by atoms with E-state index < -0.39 is 0 Å². The van der Waals surface area contributed by atoms with Gasteiger partial charge in [0.05, 0.1) is 13.2 Å². The van der Waals surface area contributed by atoms with Gasteiger partial charge in [0, 0.05) is 5.54 Å². The summed E-state index contributed by atoms with van der Waals surface area (Å²) in [5.74, 6) is -0.311. The van der Waals surface area contributed by atoms with Crippen LogP contribution in [0.4, 0.5) is 0 Å². The summed E-state index contributed by atoms with van der Waals surface area (Å²) in [6.45, 7) is 2.66. The fourth-order valence-electron chi connectivity index (χ4n) is 1.76. The Balaban J connectivity index is 2.11. The molecule has 0 atom stereocenters. The molecule has 1 aliphatic rings. The highest BCUT2D eigenvalue weighted by atomic mass is 16.6. The number of rotatable bonds is 5. The van der Waals surface area contributed by atoms with Gasteiger partial charge in [0.15, 0.2) is 0 Å². The first kappa shape index (κ1) is 11.5. The van der Waals surface area contributed by atoms with Crippen LogP contribution in [0.15, 0.2) is 0 Å². The lowest BCUT2D eigenvalue weighted by atomic mass is 10.0. The van der Waals surface area contributed by atoms with Crippen molar-refractivity contribution in [3.63, 3.8) is 0 Å². The van der Waals surface area contributed by atoms with Crippen LogP contribution in [0.5, 0.6) is 0 Å². The van der Waals surface area contributed by atoms with Crippen LogP contribution in [0, 0.1) is 0 Å². The zero-order chi connectivity index (χ0) is 10.4. The number of hydrogen-bond acceptors (Lipinski definition) is 4. The van der Waals surface area contributed by atoms with Crippen LogP contribution >= 0.6 is 0 Å². The highest BCUT2D eigenvalue weighted by molar-refractivity contribution is 5.70. The average molecular weight is 201 g/mol. The molecule has 4 heteroatoms. The second-order valence-electron chi connectivity index (χ2n) is 3.87. The molecule has 82 valence electrons. The maximum atomic E-state index is 10.9. The van der Waals surface area contributed by atoms with E-state index in [-0.39, 0.29) is 18.1 Å². The van der Waals surface area contributed by atoms with Gasteiger partial charge in [-0.25, -0.2) is 4.79 Å². The molecule has 0 aliphatic heterocycles. The van der Waals surface area contributed by atoms with Gasteiger partial charge in [0.2, 0.25) is 0 Å². The molecule has 0 unspecified atom stereocenters. The highest BCUT2D eigenvalue weighted by Gasteiger charge is 2.29. The van der Waals surface area contributed by atoms with Crippen molar-refractivity contribution in [2.45, 2.75) is 38.1 Å². The van der Waals surface area contributed by atoms with Crippen LogP contribution < -0.4 is 5.73 Å². The molecule has 14 heavy (non-hydrogen) atoms. The van der Waals surface area contributed by atoms with Gasteiger partial charge < -0.3 is 15.2 Å². The molecule has 0 spiro atoms. The van der Waals surface area contributed by atoms with Crippen molar-refractivity contribution >= 4 is 5.97 Å². The fourth-order valence-corrected chi connectivity index (χ4v) is 1.76. The molecular formula is C10H19NO3. The molecule has 0 heterocycles. The molecule has 1 rings (SSSR count). The van der Waals surface area contributed by atoms with Gasteiger partial charge in [-0.2, -0.15) is 0 Å². The van der Waals surface area contributed by atoms with Gasteiger partial charge in [0.1, 0.15) is 6.61 Å². The summed E-state index contributed by atoms with van der Waals surface area (Å²) in [4.78, 5) is 10.9. The third-order valence-electron chi connectivity index (χ3n) is 2.51. The first-order valence-electron chi connectivity index (χ1n) is 5.18. The van der Waals surface area contributed by atoms with E-state index in [0.29, 0.717) is 13.2 Å². The lowest BCUT2D eigenvalue weighted by Crippen LogP contribution is -2.42. The normalized spacial score (nSPS) is 19.6. The molecular weight excluding hydrogens is 182 g/mol. The van der Waals surface area contributed by atoms with E-state index in [2.05, 4.69) is 0 Å². The second kappa shape index (κ2) is 5.32. The Morgan fingerprint density at radius 3 is 2.64 bits per heavy atom. The van der Waals surface area contributed by atoms with Crippen molar-refractivity contribution in [3.8, 4) is 0 Å². The Bertz CT molecular complexity index is 188. The number of carbonyl (C=O) groups excluding carboxylic acids is 1. The highest BCUT2D eigenvalue weighted by Crippen LogP contribution is 2.27. The van der Waals surface area contributed by atoms with E-state index in [4.69, 9.17) is 15.2 Å². The first-order chi connectivity index (χ1) is 6.66. The maximum absolute atomic E-state index is 10.9. The number of carbonyl (C=O) groups is 1. The minimum Gasteiger partial charge on any atom is -0.464 e. The molecule has 1 fully saturated rings. The molecule has 0 amide bonds. The third kappa shape index (κ3) is 3.64. The fraction of sp³-hybridized carbons (Fsp3) is 0.900. The van der Waals surface area contributed by atoms with Crippen molar-refractivity contribution < 1.29 is 14.3 Å². The smallest absolute Gasteiger partial charge is 0.332 e. The molecule has 0 bridgehead atoms. The van der Waals surface area contributed by atoms with Gasteiger partial charge in [-0.15, -0.1) is 0 Å². The van der Waals surface area contributed by atoms with Crippen molar-refractivity contribution in [2.24, 2.45) is 5.73 Å². The predicted octanol–water partition coefficient (Wildman–Crippen LogP) is 0.838. The molecule has 1 saturated carbocycles. The van der Waals surface area contributed by atoms with E-state index >= 15 is 0 Å². The first-order valence-corrected chi connectivity index (χ1v) is 5.18. The summed E-state index contributed by atoms with van der Waals surface area (Å²) in [6.07, 6.45) is 4.32. The minimum absolute atomic E-state index is 0.0206. The van der Waals surface area contributed by atoms with Crippen LogP contribution in [0.1, 0.15) is 32.6 Å². The van der Waals surface area contributed by atoms with E-state index in [9.17, 15) is 4.79 Å². The standard InChI is InChI=1S/C10H19NO3/c1-2-14-9(12)7-13-8-10(11)5-3-4-6-10/h2-8,11H2,1H3. The van der Waals surface area contributed by atoms with Gasteiger partial charge in [0.25, 0.3) is 0 Å². The molecule has 4 nitrogen and oxygen atoms in total. The Morgan fingerprint density at radius 2 is 2.07 bits per heavy atom. The summed E-state index contributed by atoms with van der Waals surface area (Å²) in [7, 11) is 0. The Kier molecular flexibility index (Phi) is 4.35. The predicted molar refractivity (Wildman–Crippen MR) is 52.8 cm³/mol. The molecule has 1 aliphatic carbocycles. The zero-order valence-electron chi connectivity index (χ0n) is 8.75. The number of nitrogens with two attached hydrogens (primary N) is 1. The maximum Gasteiger partial charge on any atom is 0.332 e. The third-order valence-corrected chi connectivity index (χ3v) is 2.51. The topological polar surface area (TPSA) is 61.5 Å². The lowest BCUT2D eigenvalue weighted by molar-refractivity contribution is -0.149. The summed E-state index contributed by atoms with van der Waals surface area (Å²) in [6, 6.07) is 0. The number of ether oxygens (including phenoxy) is 2. The van der Waals surface area contributed by atoms with E-state index in [1.54, 1.807) is 6.92 Å². The van der Waals surface area contributed by atoms with E-state index in [1.807, 2.05) is 0 Å². The van der Waals surface area contributed by atoms with Gasteiger partial charge >= 0.3 is 5.97 Å². The Labute approximate surface area is 84.7 Å². The van der Waals surface area contributed by atoms with E-state index in [1.165, 1.54) is 12.8 Å². The summed E-state index contributed by atoms with van der Waals surface area (Å²) < 4.78 is 9.97. The Hall–Kier alpha value is -0.610. The average Bonchev–Trinajstić information content (AvgIpc) is 2.53. The van der Waals surface area contributed by atoms with Crippen molar-refractivity contribution in [2.75, 3.05) is 19.8 Å². The second-order valence-corrected chi connectivity index (χ2v) is 3.87. The van der Waals surface area contributed by atoms with Crippen LogP contribution in [-0.4, -0.2) is 31.3 Å². The quantitative estimate of drug-likeness (QED) is 0.669. The molecule has 0 saturated heterocycles. The largest absolute Gasteiger partial charge is 0.464 e. The number of hydrogen-bond donors (Lipinski definition) is 1. The van der Waals surface area contributed by atoms with Crippen LogP contribution in [0.2, 0.25) is 0 Å². The van der Waals surface area contributed by atoms with Gasteiger partial charge in [-0.3, -0.25) is 0 Å². The molecule has 0 radical (unpaired) electrons. The SMILES string of the molecule is CCOC(=O)COCC1(N)CCCC1. The summed E-state index contributed by atoms with van der Waals surface area (Å²) in [5, 5.41) is 0. The molecule has 0 aromatic heterocycles. The van der Waals surface area contributed by atoms with Gasteiger partial charge in [-0.05, 0) is 19.8 Å². The molecule has 0 aromatic rings. The van der Waals surface area contributed by atoms with Crippen molar-refractivity contribution in [1.29, 1.82) is 0 Å². The monoisotopic (exact) mass is 201 g/mol.